The lowest BCUT2D eigenvalue weighted by Gasteiger charge is -2.07. The Kier molecular flexibility index (Phi) is 7.12. The summed E-state index contributed by atoms with van der Waals surface area (Å²) < 4.78 is 10.3. The van der Waals surface area contributed by atoms with Crippen LogP contribution >= 0.6 is 17.0 Å². The van der Waals surface area contributed by atoms with Gasteiger partial charge in [-0.1, -0.05) is 24.3 Å². The van der Waals surface area contributed by atoms with Crippen molar-refractivity contribution in [3.63, 3.8) is 0 Å². The minimum Gasteiger partial charge on any atom is -0.497 e. The molecule has 0 bridgehead atoms. The zero-order valence-corrected chi connectivity index (χ0v) is 13.5. The van der Waals surface area contributed by atoms with E-state index in [0.29, 0.717) is 0 Å². The Balaban J connectivity index is 0.00000200. The molecule has 0 aliphatic heterocycles. The van der Waals surface area contributed by atoms with Crippen molar-refractivity contribution in [2.24, 2.45) is 0 Å². The van der Waals surface area contributed by atoms with Gasteiger partial charge in [-0.15, -0.1) is 17.0 Å². The van der Waals surface area contributed by atoms with E-state index >= 15 is 0 Å². The lowest BCUT2D eigenvalue weighted by Crippen LogP contribution is -2.12. The Labute approximate surface area is 130 Å². The zero-order valence-electron chi connectivity index (χ0n) is 11.8. The molecule has 2 aromatic rings. The van der Waals surface area contributed by atoms with Gasteiger partial charge in [0.2, 0.25) is 0 Å². The second-order valence-electron chi connectivity index (χ2n) is 4.30. The summed E-state index contributed by atoms with van der Waals surface area (Å²) in [7, 11) is 3.36. The molecule has 20 heavy (non-hydrogen) atoms. The Hall–Kier alpha value is -1.52. The molecule has 0 spiro atoms. The van der Waals surface area contributed by atoms with E-state index in [-0.39, 0.29) is 17.0 Å². The third-order valence-electron chi connectivity index (χ3n) is 2.98. The number of benzene rings is 2. The molecule has 0 heterocycles. The van der Waals surface area contributed by atoms with Gasteiger partial charge in [-0.3, -0.25) is 0 Å². The quantitative estimate of drug-likeness (QED) is 0.873. The van der Waals surface area contributed by atoms with Crippen LogP contribution in [-0.4, -0.2) is 14.2 Å². The van der Waals surface area contributed by atoms with Crippen LogP contribution < -0.4 is 14.8 Å². The number of nitrogens with one attached hydrogen (secondary N) is 1. The van der Waals surface area contributed by atoms with E-state index in [1.54, 1.807) is 14.2 Å². The number of halogens is 1. The van der Waals surface area contributed by atoms with Crippen LogP contribution in [0.15, 0.2) is 48.5 Å². The monoisotopic (exact) mass is 337 g/mol. The van der Waals surface area contributed by atoms with Crippen molar-refractivity contribution in [3.8, 4) is 11.5 Å². The van der Waals surface area contributed by atoms with Gasteiger partial charge in [-0.2, -0.15) is 0 Å². The van der Waals surface area contributed by atoms with Crippen LogP contribution in [-0.2, 0) is 13.1 Å². The van der Waals surface area contributed by atoms with Crippen LogP contribution in [0, 0.1) is 0 Å². The van der Waals surface area contributed by atoms with Crippen molar-refractivity contribution >= 4 is 17.0 Å². The molecule has 0 fully saturated rings. The van der Waals surface area contributed by atoms with Crippen LogP contribution in [0.1, 0.15) is 11.1 Å². The average Bonchev–Trinajstić information content (AvgIpc) is 2.49. The number of rotatable bonds is 6. The molecule has 108 valence electrons. The molecule has 0 radical (unpaired) electrons. The van der Waals surface area contributed by atoms with Gasteiger partial charge < -0.3 is 14.8 Å². The maximum Gasteiger partial charge on any atom is 0.118 e. The van der Waals surface area contributed by atoms with E-state index in [4.69, 9.17) is 9.47 Å². The van der Waals surface area contributed by atoms with Crippen molar-refractivity contribution in [2.45, 2.75) is 13.1 Å². The van der Waals surface area contributed by atoms with Gasteiger partial charge >= 0.3 is 0 Å². The molecule has 3 nitrogen and oxygen atoms in total. The van der Waals surface area contributed by atoms with Gasteiger partial charge in [-0.25, -0.2) is 0 Å². The van der Waals surface area contributed by atoms with Gasteiger partial charge in [0.05, 0.1) is 14.2 Å². The first-order valence-corrected chi connectivity index (χ1v) is 6.28. The molecular formula is C16H20BrNO2. The van der Waals surface area contributed by atoms with Gasteiger partial charge in [0.25, 0.3) is 0 Å². The van der Waals surface area contributed by atoms with Crippen molar-refractivity contribution in [3.05, 3.63) is 59.7 Å². The van der Waals surface area contributed by atoms with Crippen molar-refractivity contribution in [1.29, 1.82) is 0 Å². The summed E-state index contributed by atoms with van der Waals surface area (Å²) in [5.41, 5.74) is 2.49. The summed E-state index contributed by atoms with van der Waals surface area (Å²) in [6.07, 6.45) is 0. The predicted molar refractivity (Wildman–Crippen MR) is 86.9 cm³/mol. The van der Waals surface area contributed by atoms with Crippen molar-refractivity contribution < 1.29 is 9.47 Å². The highest BCUT2D eigenvalue weighted by Gasteiger charge is 1.96. The first kappa shape index (κ1) is 16.5. The zero-order chi connectivity index (χ0) is 13.5. The number of methoxy groups -OCH3 is 2. The molecule has 0 amide bonds. The van der Waals surface area contributed by atoms with E-state index in [1.165, 1.54) is 11.1 Å². The largest absolute Gasteiger partial charge is 0.497 e. The summed E-state index contributed by atoms with van der Waals surface area (Å²) in [6, 6.07) is 16.2. The molecule has 0 unspecified atom stereocenters. The predicted octanol–water partition coefficient (Wildman–Crippen LogP) is 3.57. The first-order valence-electron chi connectivity index (χ1n) is 6.28. The topological polar surface area (TPSA) is 30.5 Å². The second kappa shape index (κ2) is 8.61. The van der Waals surface area contributed by atoms with E-state index < -0.39 is 0 Å². The fraction of sp³-hybridized carbons (Fsp3) is 0.250. The minimum atomic E-state index is 0. The van der Waals surface area contributed by atoms with E-state index in [1.807, 2.05) is 24.3 Å². The van der Waals surface area contributed by atoms with Gasteiger partial charge in [-0.05, 0) is 35.4 Å². The lowest BCUT2D eigenvalue weighted by molar-refractivity contribution is 0.414. The summed E-state index contributed by atoms with van der Waals surface area (Å²) in [4.78, 5) is 0. The van der Waals surface area contributed by atoms with Crippen LogP contribution in [0.5, 0.6) is 11.5 Å². The van der Waals surface area contributed by atoms with Crippen LogP contribution in [0.25, 0.3) is 0 Å². The fourth-order valence-electron chi connectivity index (χ4n) is 1.84. The molecule has 0 saturated carbocycles. The Bertz CT molecular complexity index is 449. The third-order valence-corrected chi connectivity index (χ3v) is 2.98. The maximum absolute atomic E-state index is 5.13. The summed E-state index contributed by atoms with van der Waals surface area (Å²) >= 11 is 0. The molecule has 2 aromatic carbocycles. The molecule has 0 aliphatic rings. The molecule has 2 rings (SSSR count). The molecule has 0 atom stereocenters. The Morgan fingerprint density at radius 2 is 1.05 bits per heavy atom. The highest BCUT2D eigenvalue weighted by Crippen LogP contribution is 2.12. The highest BCUT2D eigenvalue weighted by molar-refractivity contribution is 8.93. The van der Waals surface area contributed by atoms with Crippen molar-refractivity contribution in [1.82, 2.24) is 5.32 Å². The summed E-state index contributed by atoms with van der Waals surface area (Å²) in [5.74, 6) is 1.78. The number of hydrogen-bond acceptors (Lipinski definition) is 3. The van der Waals surface area contributed by atoms with E-state index in [2.05, 4.69) is 29.6 Å². The molecule has 0 saturated heterocycles. The van der Waals surface area contributed by atoms with Gasteiger partial charge in [0, 0.05) is 13.1 Å². The Morgan fingerprint density at radius 3 is 1.35 bits per heavy atom. The van der Waals surface area contributed by atoms with Crippen LogP contribution in [0.2, 0.25) is 0 Å². The van der Waals surface area contributed by atoms with E-state index in [9.17, 15) is 0 Å². The molecular weight excluding hydrogens is 318 g/mol. The fourth-order valence-corrected chi connectivity index (χ4v) is 1.84. The molecule has 0 aliphatic carbocycles. The van der Waals surface area contributed by atoms with Crippen molar-refractivity contribution in [2.75, 3.05) is 14.2 Å². The SMILES string of the molecule is Br.COc1ccc(CNCc2ccc(OC)cc2)cc1. The lowest BCUT2D eigenvalue weighted by atomic mass is 10.2. The summed E-state index contributed by atoms with van der Waals surface area (Å²) in [5, 5.41) is 3.41. The van der Waals surface area contributed by atoms with E-state index in [0.717, 1.165) is 24.6 Å². The van der Waals surface area contributed by atoms with Crippen LogP contribution in [0.3, 0.4) is 0 Å². The summed E-state index contributed by atoms with van der Waals surface area (Å²) in [6.45, 7) is 1.69. The standard InChI is InChI=1S/C16H19NO2.BrH/c1-18-15-7-3-13(4-8-15)11-17-12-14-5-9-16(19-2)10-6-14;/h3-10,17H,11-12H2,1-2H3;1H. The average molecular weight is 338 g/mol. The molecule has 4 heteroatoms. The third kappa shape index (κ3) is 4.87. The molecule has 1 N–H and O–H groups in total. The molecule has 0 aromatic heterocycles. The minimum absolute atomic E-state index is 0. The smallest absolute Gasteiger partial charge is 0.118 e. The highest BCUT2D eigenvalue weighted by atomic mass is 79.9. The normalized spacial score (nSPS) is 9.70. The number of ether oxygens (including phenoxy) is 2. The number of hydrogen-bond donors (Lipinski definition) is 1. The first-order chi connectivity index (χ1) is 9.31. The van der Waals surface area contributed by atoms with Crippen LogP contribution in [0.4, 0.5) is 0 Å². The van der Waals surface area contributed by atoms with Gasteiger partial charge in [0.15, 0.2) is 0 Å². The Morgan fingerprint density at radius 1 is 0.700 bits per heavy atom. The van der Waals surface area contributed by atoms with Gasteiger partial charge in [0.1, 0.15) is 11.5 Å². The maximum atomic E-state index is 5.13. The second-order valence-corrected chi connectivity index (χ2v) is 4.30.